The van der Waals surface area contributed by atoms with E-state index >= 15 is 0 Å². The van der Waals surface area contributed by atoms with Gasteiger partial charge in [-0.25, -0.2) is 13.6 Å². The first-order valence-corrected chi connectivity index (χ1v) is 6.94. The summed E-state index contributed by atoms with van der Waals surface area (Å²) in [6.07, 6.45) is -2.89. The quantitative estimate of drug-likeness (QED) is 0.182. The van der Waals surface area contributed by atoms with E-state index in [1.165, 1.54) is 7.05 Å². The zero-order chi connectivity index (χ0) is 17.2. The van der Waals surface area contributed by atoms with Crippen LogP contribution in [0.4, 0.5) is 8.78 Å². The number of hydrogen-bond acceptors (Lipinski definition) is 7. The highest BCUT2D eigenvalue weighted by Gasteiger charge is 2.47. The molecule has 0 fully saturated rings. The molecular formula is C12H23F2N3O5. The van der Waals surface area contributed by atoms with Crippen LogP contribution in [0.1, 0.15) is 32.6 Å². The summed E-state index contributed by atoms with van der Waals surface area (Å²) in [7, 11) is 3.01. The number of alkyl halides is 2. The second-order valence-electron chi connectivity index (χ2n) is 4.74. The first-order chi connectivity index (χ1) is 10.3. The molecule has 130 valence electrons. The number of rotatable bonds is 12. The van der Waals surface area contributed by atoms with Gasteiger partial charge >= 0.3 is 5.97 Å². The molecule has 0 aromatic rings. The number of ether oxygens (including phenoxy) is 1. The molecule has 0 aliphatic carbocycles. The average molecular weight is 327 g/mol. The van der Waals surface area contributed by atoms with Gasteiger partial charge in [-0.15, -0.1) is 10.1 Å². The van der Waals surface area contributed by atoms with Crippen LogP contribution in [-0.4, -0.2) is 50.0 Å². The van der Waals surface area contributed by atoms with E-state index in [1.54, 1.807) is 7.05 Å². The Kier molecular flexibility index (Phi) is 9.50. The van der Waals surface area contributed by atoms with Crippen molar-refractivity contribution in [3.8, 4) is 0 Å². The van der Waals surface area contributed by atoms with E-state index in [-0.39, 0.29) is 6.42 Å². The maximum Gasteiger partial charge on any atom is 0.334 e. The number of carbonyl (C=O) groups is 1. The molecule has 8 nitrogen and oxygen atoms in total. The Labute approximate surface area is 127 Å². The molecule has 0 heterocycles. The fourth-order valence-electron chi connectivity index (χ4n) is 1.92. The lowest BCUT2D eigenvalue weighted by Crippen LogP contribution is -2.57. The van der Waals surface area contributed by atoms with E-state index in [4.69, 9.17) is 0 Å². The average Bonchev–Trinajstić information content (AvgIpc) is 2.41. The number of nitrogens with zero attached hydrogens (tertiary/aromatic N) is 1. The van der Waals surface area contributed by atoms with Crippen molar-refractivity contribution in [2.24, 2.45) is 0 Å². The lowest BCUT2D eigenvalue weighted by atomic mass is 9.92. The molecule has 0 amide bonds. The topological polar surface area (TPSA) is 103 Å². The number of halogens is 2. The molecule has 0 aromatic carbocycles. The first-order valence-electron chi connectivity index (χ1n) is 6.94. The summed E-state index contributed by atoms with van der Waals surface area (Å²) < 4.78 is 31.3. The molecule has 10 heteroatoms. The van der Waals surface area contributed by atoms with Gasteiger partial charge in [-0.1, -0.05) is 12.8 Å². The summed E-state index contributed by atoms with van der Waals surface area (Å²) in [6, 6.07) is 0. The smallest absolute Gasteiger partial charge is 0.334 e. The van der Waals surface area contributed by atoms with Crippen molar-refractivity contribution in [3.05, 3.63) is 10.1 Å². The molecular weight excluding hydrogens is 304 g/mol. The third-order valence-electron chi connectivity index (χ3n) is 3.19. The van der Waals surface area contributed by atoms with Crippen LogP contribution in [0, 0.1) is 10.1 Å². The zero-order valence-electron chi connectivity index (χ0n) is 12.9. The van der Waals surface area contributed by atoms with E-state index < -0.39 is 29.3 Å². The fraction of sp³-hybridized carbons (Fsp3) is 0.917. The van der Waals surface area contributed by atoms with Crippen LogP contribution in [0.15, 0.2) is 0 Å². The van der Waals surface area contributed by atoms with Crippen LogP contribution >= 0.6 is 0 Å². The molecule has 0 saturated heterocycles. The summed E-state index contributed by atoms with van der Waals surface area (Å²) in [5, 5.41) is 14.2. The Morgan fingerprint density at radius 3 is 2.41 bits per heavy atom. The minimum Gasteiger partial charge on any atom is -0.434 e. The van der Waals surface area contributed by atoms with Crippen molar-refractivity contribution >= 4 is 5.97 Å². The van der Waals surface area contributed by atoms with E-state index in [1.807, 2.05) is 0 Å². The minimum atomic E-state index is -3.02. The summed E-state index contributed by atoms with van der Waals surface area (Å²) in [5.74, 6) is -1.27. The van der Waals surface area contributed by atoms with Crippen LogP contribution in [0.2, 0.25) is 0 Å². The van der Waals surface area contributed by atoms with Crippen LogP contribution in [0.5, 0.6) is 0 Å². The van der Waals surface area contributed by atoms with E-state index in [0.29, 0.717) is 12.8 Å². The molecule has 0 aromatic heterocycles. The standard InChI is InChI=1S/C12H23F2N3O5/c1-9(22-17(19)20)21-11(18)12(16-3,10(13)14)7-5-4-6-8-15-2/h9-10,15-16H,4-8H2,1-3H3/t9?,12-/m0/s1. The molecule has 0 radical (unpaired) electrons. The summed E-state index contributed by atoms with van der Waals surface area (Å²) >= 11 is 0. The van der Waals surface area contributed by atoms with Gasteiger partial charge < -0.3 is 15.4 Å². The van der Waals surface area contributed by atoms with Crippen molar-refractivity contribution in [2.45, 2.75) is 50.9 Å². The molecule has 0 aliphatic heterocycles. The Morgan fingerprint density at radius 1 is 1.32 bits per heavy atom. The molecule has 2 N–H and O–H groups in total. The number of likely N-dealkylation sites (N-methyl/N-ethyl adjacent to an activating group) is 1. The highest BCUT2D eigenvalue weighted by atomic mass is 19.3. The van der Waals surface area contributed by atoms with Crippen molar-refractivity contribution in [2.75, 3.05) is 20.6 Å². The van der Waals surface area contributed by atoms with Crippen LogP contribution in [0.25, 0.3) is 0 Å². The molecule has 0 saturated carbocycles. The van der Waals surface area contributed by atoms with Gasteiger partial charge in [0, 0.05) is 0 Å². The highest BCUT2D eigenvalue weighted by Crippen LogP contribution is 2.25. The molecule has 22 heavy (non-hydrogen) atoms. The molecule has 0 spiro atoms. The van der Waals surface area contributed by atoms with Crippen molar-refractivity contribution < 1.29 is 28.2 Å². The molecule has 1 unspecified atom stereocenters. The lowest BCUT2D eigenvalue weighted by Gasteiger charge is -2.31. The number of nitrogens with one attached hydrogen (secondary N) is 2. The van der Waals surface area contributed by atoms with Crippen molar-refractivity contribution in [3.63, 3.8) is 0 Å². The van der Waals surface area contributed by atoms with Gasteiger partial charge in [0.05, 0.1) is 0 Å². The summed E-state index contributed by atoms with van der Waals surface area (Å²) in [6.45, 7) is 1.83. The third-order valence-corrected chi connectivity index (χ3v) is 3.19. The van der Waals surface area contributed by atoms with E-state index in [9.17, 15) is 23.7 Å². The van der Waals surface area contributed by atoms with Gasteiger partial charge in [-0.05, 0) is 40.4 Å². The maximum absolute atomic E-state index is 13.3. The van der Waals surface area contributed by atoms with Crippen molar-refractivity contribution in [1.29, 1.82) is 0 Å². The Balaban J connectivity index is 4.71. The molecule has 0 bridgehead atoms. The Morgan fingerprint density at radius 2 is 1.95 bits per heavy atom. The van der Waals surface area contributed by atoms with Crippen LogP contribution < -0.4 is 10.6 Å². The third kappa shape index (κ3) is 6.48. The predicted molar refractivity (Wildman–Crippen MR) is 73.8 cm³/mol. The Bertz CT molecular complexity index is 360. The number of hydrogen-bond donors (Lipinski definition) is 2. The van der Waals surface area contributed by atoms with Gasteiger partial charge in [0.2, 0.25) is 6.29 Å². The molecule has 0 aliphatic rings. The largest absolute Gasteiger partial charge is 0.434 e. The SMILES string of the molecule is CNCCCCC[C@@](NC)(C(=O)OC(C)O[N+](=O)[O-])C(F)F. The normalized spacial score (nSPS) is 15.2. The van der Waals surface area contributed by atoms with E-state index in [2.05, 4.69) is 20.2 Å². The second-order valence-corrected chi connectivity index (χ2v) is 4.74. The first kappa shape index (κ1) is 20.5. The van der Waals surface area contributed by atoms with Gasteiger partial charge in [0.25, 0.3) is 11.5 Å². The lowest BCUT2D eigenvalue weighted by molar-refractivity contribution is -0.777. The maximum atomic E-state index is 13.3. The number of esters is 1. The van der Waals surface area contributed by atoms with Crippen LogP contribution in [0.3, 0.4) is 0 Å². The number of carbonyl (C=O) groups excluding carboxylic acids is 1. The zero-order valence-corrected chi connectivity index (χ0v) is 12.9. The highest BCUT2D eigenvalue weighted by molar-refractivity contribution is 5.81. The summed E-state index contributed by atoms with van der Waals surface area (Å²) in [4.78, 5) is 26.1. The van der Waals surface area contributed by atoms with Gasteiger partial charge in [-0.2, -0.15) is 0 Å². The summed E-state index contributed by atoms with van der Waals surface area (Å²) in [5.41, 5.74) is -2.20. The van der Waals surface area contributed by atoms with Gasteiger partial charge in [0.15, 0.2) is 5.54 Å². The molecule has 2 atom stereocenters. The second kappa shape index (κ2) is 10.2. The number of unbranched alkanes of at least 4 members (excludes halogenated alkanes) is 2. The van der Waals surface area contributed by atoms with Gasteiger partial charge in [0.1, 0.15) is 0 Å². The van der Waals surface area contributed by atoms with Crippen LogP contribution in [-0.2, 0) is 14.4 Å². The minimum absolute atomic E-state index is 0.144. The van der Waals surface area contributed by atoms with E-state index in [0.717, 1.165) is 19.9 Å². The van der Waals surface area contributed by atoms with Gasteiger partial charge in [-0.3, -0.25) is 4.84 Å². The predicted octanol–water partition coefficient (Wildman–Crippen LogP) is 1.09. The monoisotopic (exact) mass is 327 g/mol. The van der Waals surface area contributed by atoms with Crippen molar-refractivity contribution in [1.82, 2.24) is 10.6 Å². The fourth-order valence-corrected chi connectivity index (χ4v) is 1.92. The molecule has 0 rings (SSSR count). The Hall–Kier alpha value is -1.55.